The summed E-state index contributed by atoms with van der Waals surface area (Å²) in [4.78, 5) is 2.48. The predicted molar refractivity (Wildman–Crippen MR) is 86.0 cm³/mol. The minimum absolute atomic E-state index is 0.0674. The van der Waals surface area contributed by atoms with Gasteiger partial charge in [-0.2, -0.15) is 5.10 Å². The van der Waals surface area contributed by atoms with E-state index in [1.807, 2.05) is 19.1 Å². The number of aromatic nitrogens is 2. The molecule has 0 amide bonds. The van der Waals surface area contributed by atoms with E-state index in [9.17, 15) is 4.39 Å². The summed E-state index contributed by atoms with van der Waals surface area (Å²) in [6.07, 6.45) is 4.39. The number of likely N-dealkylation sites (tertiary alicyclic amines) is 1. The Bertz CT molecular complexity index is 608. The highest BCUT2D eigenvalue weighted by Crippen LogP contribution is 2.23. The standard InChI is InChI=1S/C18H24FN3/c1-14-11-17(21-20-14)13-22-10-4-5-15(12-22)8-9-16-6-2-3-7-18(16)19/h2-3,6-7,11,15H,4-5,8-10,12-13H2,1H3,(H,20,21). The van der Waals surface area contributed by atoms with Gasteiger partial charge in [-0.25, -0.2) is 4.39 Å². The van der Waals surface area contributed by atoms with Crippen molar-refractivity contribution < 1.29 is 4.39 Å². The van der Waals surface area contributed by atoms with E-state index in [1.54, 1.807) is 12.1 Å². The molecule has 1 fully saturated rings. The highest BCUT2D eigenvalue weighted by molar-refractivity contribution is 5.17. The number of aromatic amines is 1. The maximum atomic E-state index is 13.7. The number of hydrogen-bond donors (Lipinski definition) is 1. The lowest BCUT2D eigenvalue weighted by atomic mass is 9.91. The van der Waals surface area contributed by atoms with Crippen molar-refractivity contribution in [2.45, 2.75) is 39.2 Å². The van der Waals surface area contributed by atoms with E-state index in [2.05, 4.69) is 21.2 Å². The molecule has 4 heteroatoms. The fourth-order valence-corrected chi connectivity index (χ4v) is 3.38. The third kappa shape index (κ3) is 3.95. The summed E-state index contributed by atoms with van der Waals surface area (Å²) in [7, 11) is 0. The number of rotatable bonds is 5. The van der Waals surface area contributed by atoms with Gasteiger partial charge in [-0.05, 0) is 62.8 Å². The van der Waals surface area contributed by atoms with E-state index < -0.39 is 0 Å². The van der Waals surface area contributed by atoms with Crippen LogP contribution in [0.2, 0.25) is 0 Å². The maximum absolute atomic E-state index is 13.7. The average Bonchev–Trinajstić information content (AvgIpc) is 2.92. The van der Waals surface area contributed by atoms with Gasteiger partial charge in [0, 0.05) is 18.8 Å². The van der Waals surface area contributed by atoms with Gasteiger partial charge in [0.05, 0.1) is 5.69 Å². The van der Waals surface area contributed by atoms with E-state index in [-0.39, 0.29) is 5.82 Å². The highest BCUT2D eigenvalue weighted by Gasteiger charge is 2.20. The van der Waals surface area contributed by atoms with Crippen molar-refractivity contribution in [3.63, 3.8) is 0 Å². The molecule has 3 rings (SSSR count). The number of hydrogen-bond acceptors (Lipinski definition) is 2. The van der Waals surface area contributed by atoms with Gasteiger partial charge in [-0.3, -0.25) is 10.00 Å². The second kappa shape index (κ2) is 7.05. The smallest absolute Gasteiger partial charge is 0.126 e. The summed E-state index contributed by atoms with van der Waals surface area (Å²) in [6, 6.07) is 9.26. The number of piperidine rings is 1. The fraction of sp³-hybridized carbons (Fsp3) is 0.500. The summed E-state index contributed by atoms with van der Waals surface area (Å²) in [6.45, 7) is 5.19. The molecule has 1 saturated heterocycles. The van der Waals surface area contributed by atoms with Crippen molar-refractivity contribution in [1.82, 2.24) is 15.1 Å². The van der Waals surface area contributed by atoms with Crippen molar-refractivity contribution in [2.75, 3.05) is 13.1 Å². The van der Waals surface area contributed by atoms with Crippen LogP contribution in [0.4, 0.5) is 4.39 Å². The topological polar surface area (TPSA) is 31.9 Å². The fourth-order valence-electron chi connectivity index (χ4n) is 3.38. The Hall–Kier alpha value is -1.68. The van der Waals surface area contributed by atoms with Crippen molar-refractivity contribution in [2.24, 2.45) is 5.92 Å². The van der Waals surface area contributed by atoms with Crippen LogP contribution in [0.1, 0.15) is 36.2 Å². The summed E-state index contributed by atoms with van der Waals surface area (Å²) in [5, 5.41) is 7.33. The lowest BCUT2D eigenvalue weighted by Crippen LogP contribution is -2.35. The Kier molecular flexibility index (Phi) is 4.88. The van der Waals surface area contributed by atoms with Crippen molar-refractivity contribution in [3.05, 3.63) is 53.1 Å². The van der Waals surface area contributed by atoms with Crippen LogP contribution in [-0.4, -0.2) is 28.2 Å². The van der Waals surface area contributed by atoms with Crippen LogP contribution in [0.25, 0.3) is 0 Å². The number of nitrogens with one attached hydrogen (secondary N) is 1. The number of aryl methyl sites for hydroxylation is 2. The molecule has 0 radical (unpaired) electrons. The SMILES string of the molecule is Cc1cc(CN2CCCC(CCc3ccccc3F)C2)n[nH]1. The van der Waals surface area contributed by atoms with E-state index in [1.165, 1.54) is 12.8 Å². The minimum atomic E-state index is -0.0674. The number of H-pyrrole nitrogens is 1. The van der Waals surface area contributed by atoms with Crippen molar-refractivity contribution in [3.8, 4) is 0 Å². The molecule has 1 atom stereocenters. The van der Waals surface area contributed by atoms with Gasteiger partial charge in [-0.15, -0.1) is 0 Å². The second-order valence-electron chi connectivity index (χ2n) is 6.42. The van der Waals surface area contributed by atoms with Crippen LogP contribution in [0, 0.1) is 18.7 Å². The third-order valence-corrected chi connectivity index (χ3v) is 4.53. The summed E-state index contributed by atoms with van der Waals surface area (Å²) < 4.78 is 13.7. The molecule has 0 bridgehead atoms. The largest absolute Gasteiger partial charge is 0.297 e. The van der Waals surface area contributed by atoms with Crippen LogP contribution in [-0.2, 0) is 13.0 Å². The van der Waals surface area contributed by atoms with E-state index in [0.717, 1.165) is 49.4 Å². The van der Waals surface area contributed by atoms with Gasteiger partial charge in [0.1, 0.15) is 5.82 Å². The summed E-state index contributed by atoms with van der Waals surface area (Å²) in [5.41, 5.74) is 3.08. The monoisotopic (exact) mass is 301 g/mol. The molecule has 1 aromatic heterocycles. The molecule has 0 aliphatic carbocycles. The zero-order valence-electron chi connectivity index (χ0n) is 13.2. The Labute approximate surface area is 131 Å². The first-order valence-corrected chi connectivity index (χ1v) is 8.17. The molecule has 1 unspecified atom stereocenters. The predicted octanol–water partition coefficient (Wildman–Crippen LogP) is 3.70. The van der Waals surface area contributed by atoms with Crippen LogP contribution in [0.15, 0.2) is 30.3 Å². The molecule has 0 saturated carbocycles. The molecule has 22 heavy (non-hydrogen) atoms. The average molecular weight is 301 g/mol. The Morgan fingerprint density at radius 2 is 2.23 bits per heavy atom. The minimum Gasteiger partial charge on any atom is -0.297 e. The number of benzene rings is 1. The van der Waals surface area contributed by atoms with Crippen molar-refractivity contribution in [1.29, 1.82) is 0 Å². The first-order chi connectivity index (χ1) is 10.7. The van der Waals surface area contributed by atoms with Crippen molar-refractivity contribution >= 4 is 0 Å². The van der Waals surface area contributed by atoms with Crippen LogP contribution < -0.4 is 0 Å². The first kappa shape index (κ1) is 15.2. The molecule has 0 spiro atoms. The molecule has 2 heterocycles. The second-order valence-corrected chi connectivity index (χ2v) is 6.42. The maximum Gasteiger partial charge on any atom is 0.126 e. The van der Waals surface area contributed by atoms with E-state index in [0.29, 0.717) is 5.92 Å². The van der Waals surface area contributed by atoms with Crippen LogP contribution in [0.3, 0.4) is 0 Å². The zero-order valence-corrected chi connectivity index (χ0v) is 13.2. The third-order valence-electron chi connectivity index (χ3n) is 4.53. The van der Waals surface area contributed by atoms with E-state index in [4.69, 9.17) is 0 Å². The molecule has 3 nitrogen and oxygen atoms in total. The Morgan fingerprint density at radius 1 is 1.36 bits per heavy atom. The molecule has 1 N–H and O–H groups in total. The first-order valence-electron chi connectivity index (χ1n) is 8.17. The van der Waals surface area contributed by atoms with Gasteiger partial charge in [0.15, 0.2) is 0 Å². The highest BCUT2D eigenvalue weighted by atomic mass is 19.1. The summed E-state index contributed by atoms with van der Waals surface area (Å²) >= 11 is 0. The van der Waals surface area contributed by atoms with Gasteiger partial charge < -0.3 is 0 Å². The molecule has 1 aliphatic heterocycles. The van der Waals surface area contributed by atoms with Gasteiger partial charge in [0.2, 0.25) is 0 Å². The van der Waals surface area contributed by atoms with Gasteiger partial charge >= 0.3 is 0 Å². The molecular weight excluding hydrogens is 277 g/mol. The lowest BCUT2D eigenvalue weighted by Gasteiger charge is -2.32. The van der Waals surface area contributed by atoms with E-state index >= 15 is 0 Å². The quantitative estimate of drug-likeness (QED) is 0.913. The molecular formula is C18H24FN3. The lowest BCUT2D eigenvalue weighted by molar-refractivity contribution is 0.160. The Morgan fingerprint density at radius 3 is 3.00 bits per heavy atom. The summed E-state index contributed by atoms with van der Waals surface area (Å²) in [5.74, 6) is 0.593. The van der Waals surface area contributed by atoms with Gasteiger partial charge in [-0.1, -0.05) is 18.2 Å². The number of halogens is 1. The zero-order chi connectivity index (χ0) is 15.4. The molecule has 2 aromatic rings. The van der Waals surface area contributed by atoms with Gasteiger partial charge in [0.25, 0.3) is 0 Å². The molecule has 1 aromatic carbocycles. The van der Waals surface area contributed by atoms with Crippen LogP contribution in [0.5, 0.6) is 0 Å². The number of nitrogens with zero attached hydrogens (tertiary/aromatic N) is 2. The molecule has 118 valence electrons. The molecule has 1 aliphatic rings. The normalized spacial score (nSPS) is 19.5. The van der Waals surface area contributed by atoms with Crippen LogP contribution >= 0.6 is 0 Å². The Balaban J connectivity index is 1.51.